The van der Waals surface area contributed by atoms with Gasteiger partial charge in [-0.15, -0.1) is 0 Å². The third-order valence-electron chi connectivity index (χ3n) is 6.24. The van der Waals surface area contributed by atoms with Crippen molar-refractivity contribution in [3.8, 4) is 5.75 Å². The first kappa shape index (κ1) is 33.0. The summed E-state index contributed by atoms with van der Waals surface area (Å²) in [5, 5.41) is 6.97. The van der Waals surface area contributed by atoms with E-state index in [1.807, 2.05) is 0 Å². The number of nitrogens with one attached hydrogen (secondary N) is 1. The molecule has 0 spiro atoms. The normalized spacial score (nSPS) is 19.6. The molecule has 1 saturated heterocycles. The molecule has 1 aliphatic rings. The van der Waals surface area contributed by atoms with E-state index in [1.165, 1.54) is 25.7 Å². The summed E-state index contributed by atoms with van der Waals surface area (Å²) in [6.45, 7) is 4.16. The molecule has 2 heterocycles. The van der Waals surface area contributed by atoms with E-state index >= 15 is 0 Å². The van der Waals surface area contributed by atoms with Gasteiger partial charge in [0.15, 0.2) is 6.10 Å². The Kier molecular flexibility index (Phi) is 12.0. The maximum Gasteiger partial charge on any atom is 0.409 e. The highest BCUT2D eigenvalue weighted by Crippen LogP contribution is 2.35. The highest BCUT2D eigenvalue weighted by molar-refractivity contribution is 5.87. The molecular formula is C27H35N5O11. The summed E-state index contributed by atoms with van der Waals surface area (Å²) in [6, 6.07) is 4.88. The fourth-order valence-corrected chi connectivity index (χ4v) is 4.34. The third kappa shape index (κ3) is 9.49. The first-order valence-electron chi connectivity index (χ1n) is 13.4. The van der Waals surface area contributed by atoms with Crippen LogP contribution in [0.3, 0.4) is 0 Å². The Morgan fingerprint density at radius 1 is 1.12 bits per heavy atom. The molecule has 16 heteroatoms. The second-order valence-electron chi connectivity index (χ2n) is 9.63. The number of amides is 1. The number of carbonyl (C=O) groups excluding carboxylic acids is 4. The fourth-order valence-electron chi connectivity index (χ4n) is 4.34. The lowest BCUT2D eigenvalue weighted by atomic mass is 10.0. The summed E-state index contributed by atoms with van der Waals surface area (Å²) in [4.78, 5) is 51.8. The van der Waals surface area contributed by atoms with Crippen LogP contribution in [0, 0.1) is 0 Å². The van der Waals surface area contributed by atoms with Crippen molar-refractivity contribution in [2.45, 2.75) is 64.9 Å². The van der Waals surface area contributed by atoms with Crippen LogP contribution in [0.25, 0.3) is 21.4 Å². The van der Waals surface area contributed by atoms with Crippen molar-refractivity contribution in [2.24, 2.45) is 5.11 Å². The molecule has 43 heavy (non-hydrogen) atoms. The van der Waals surface area contributed by atoms with Gasteiger partial charge in [0.1, 0.15) is 42.5 Å². The molecule has 4 atom stereocenters. The van der Waals surface area contributed by atoms with Gasteiger partial charge in [0.25, 0.3) is 0 Å². The largest absolute Gasteiger partial charge is 0.464 e. The third-order valence-corrected chi connectivity index (χ3v) is 6.24. The molecule has 16 nitrogen and oxygen atoms in total. The minimum atomic E-state index is -1.06. The Morgan fingerprint density at radius 2 is 1.86 bits per heavy atom. The molecule has 1 N–H and O–H groups in total. The van der Waals surface area contributed by atoms with Crippen molar-refractivity contribution in [2.75, 3.05) is 33.8 Å². The van der Waals surface area contributed by atoms with Gasteiger partial charge in [-0.2, -0.15) is 0 Å². The maximum atomic E-state index is 12.4. The van der Waals surface area contributed by atoms with Gasteiger partial charge < -0.3 is 43.1 Å². The van der Waals surface area contributed by atoms with E-state index in [-0.39, 0.29) is 31.9 Å². The molecule has 2 aromatic rings. The summed E-state index contributed by atoms with van der Waals surface area (Å²) in [7, 11) is 3.39. The van der Waals surface area contributed by atoms with E-state index in [1.54, 1.807) is 32.3 Å². The van der Waals surface area contributed by atoms with Crippen LogP contribution in [0.1, 0.15) is 38.5 Å². The van der Waals surface area contributed by atoms with Crippen molar-refractivity contribution in [3.63, 3.8) is 0 Å². The van der Waals surface area contributed by atoms with Gasteiger partial charge in [0.2, 0.25) is 6.29 Å². The molecular weight excluding hydrogens is 570 g/mol. The van der Waals surface area contributed by atoms with Gasteiger partial charge in [-0.3, -0.25) is 14.4 Å². The number of esters is 3. The smallest absolute Gasteiger partial charge is 0.409 e. The maximum absolute atomic E-state index is 12.4. The topological polar surface area (TPSA) is 201 Å². The molecule has 0 unspecified atom stereocenters. The van der Waals surface area contributed by atoms with Crippen LogP contribution in [0.5, 0.6) is 5.75 Å². The number of furan rings is 1. The summed E-state index contributed by atoms with van der Waals surface area (Å²) < 4.78 is 39.5. The number of rotatable bonds is 13. The predicted octanol–water partition coefficient (Wildman–Crippen LogP) is 2.95. The first-order chi connectivity index (χ1) is 20.5. The molecule has 234 valence electrons. The summed E-state index contributed by atoms with van der Waals surface area (Å²) in [5.74, 6) is -1.24. The van der Waals surface area contributed by atoms with Crippen LogP contribution >= 0.6 is 0 Å². The van der Waals surface area contributed by atoms with Crippen LogP contribution in [-0.2, 0) is 51.2 Å². The molecule has 0 radical (unpaired) electrons. The summed E-state index contributed by atoms with van der Waals surface area (Å²) in [6.07, 6.45) is -4.65. The van der Waals surface area contributed by atoms with Gasteiger partial charge in [-0.25, -0.2) is 4.79 Å². The van der Waals surface area contributed by atoms with E-state index in [2.05, 4.69) is 15.3 Å². The number of likely N-dealkylation sites (N-methyl/N-ethyl adjacent to an activating group) is 2. The first-order valence-corrected chi connectivity index (χ1v) is 13.4. The molecule has 1 aromatic carbocycles. The average Bonchev–Trinajstić information content (AvgIpc) is 3.38. The quantitative estimate of drug-likeness (QED) is 0.115. The average molecular weight is 606 g/mol. The van der Waals surface area contributed by atoms with Gasteiger partial charge in [0, 0.05) is 51.4 Å². The Morgan fingerprint density at radius 3 is 2.51 bits per heavy atom. The van der Waals surface area contributed by atoms with Gasteiger partial charge in [0.05, 0.1) is 18.4 Å². The molecule has 0 aliphatic carbocycles. The zero-order valence-electron chi connectivity index (χ0n) is 24.6. The standard InChI is InChI=1S/C27H35N5O11/c1-15(33)37-14-23-26(40-17(3)35)22(39-16(2)34)11-24(43-23)42-21-7-6-18(13-38-27(36)32(5)9-8-29-4)25-20(21)10-19(41-25)12-30-31-28/h6-7,10,22-24,26,29H,8-9,11-14H2,1-5H3/t22-,23-,24-,26-/m1/s1. The number of fused-ring (bicyclic) bond motifs is 1. The molecule has 0 bridgehead atoms. The van der Waals surface area contributed by atoms with E-state index in [0.29, 0.717) is 35.4 Å². The van der Waals surface area contributed by atoms with Gasteiger partial charge in [-0.05, 0) is 30.8 Å². The van der Waals surface area contributed by atoms with Crippen molar-refractivity contribution < 1.29 is 52.0 Å². The Balaban J connectivity index is 1.90. The van der Waals surface area contributed by atoms with Crippen molar-refractivity contribution >= 4 is 35.0 Å². The number of benzene rings is 1. The lowest BCUT2D eigenvalue weighted by molar-refractivity contribution is -0.245. The minimum absolute atomic E-state index is 0.0304. The summed E-state index contributed by atoms with van der Waals surface area (Å²) in [5.41, 5.74) is 9.61. The van der Waals surface area contributed by atoms with E-state index in [9.17, 15) is 19.2 Å². The number of hydrogen-bond acceptors (Lipinski definition) is 13. The highest BCUT2D eigenvalue weighted by atomic mass is 16.7. The Labute approximate surface area is 247 Å². The van der Waals surface area contributed by atoms with Crippen LogP contribution in [-0.4, -0.2) is 87.3 Å². The zero-order valence-corrected chi connectivity index (χ0v) is 24.6. The molecule has 1 fully saturated rings. The van der Waals surface area contributed by atoms with E-state index < -0.39 is 48.6 Å². The highest BCUT2D eigenvalue weighted by Gasteiger charge is 2.44. The fraction of sp³-hybridized carbons (Fsp3) is 0.556. The van der Waals surface area contributed by atoms with Crippen molar-refractivity contribution in [1.82, 2.24) is 10.2 Å². The number of nitrogens with zero attached hydrogens (tertiary/aromatic N) is 4. The molecule has 0 saturated carbocycles. The number of hydrogen-bond donors (Lipinski definition) is 1. The van der Waals surface area contributed by atoms with Crippen LogP contribution in [0.4, 0.5) is 4.79 Å². The molecule has 1 amide bonds. The molecule has 1 aromatic heterocycles. The number of ether oxygens (including phenoxy) is 6. The second-order valence-corrected chi connectivity index (χ2v) is 9.63. The molecule has 1 aliphatic heterocycles. The minimum Gasteiger partial charge on any atom is -0.464 e. The summed E-state index contributed by atoms with van der Waals surface area (Å²) >= 11 is 0. The molecule has 3 rings (SSSR count). The zero-order chi connectivity index (χ0) is 31.5. The van der Waals surface area contributed by atoms with E-state index in [0.717, 1.165) is 0 Å². The van der Waals surface area contributed by atoms with Crippen LogP contribution in [0.15, 0.2) is 27.7 Å². The Hall–Kier alpha value is -4.53. The number of carbonyl (C=O) groups is 4. The van der Waals surface area contributed by atoms with Crippen LogP contribution < -0.4 is 10.1 Å². The van der Waals surface area contributed by atoms with Crippen molar-refractivity contribution in [3.05, 3.63) is 40.0 Å². The lowest BCUT2D eigenvalue weighted by Crippen LogP contribution is -2.54. The van der Waals surface area contributed by atoms with Crippen molar-refractivity contribution in [1.29, 1.82) is 0 Å². The SMILES string of the molecule is CNCCN(C)C(=O)OCc1ccc(O[C@H]2C[C@@H](OC(C)=O)[C@@H](OC(C)=O)[C@@H](COC(C)=O)O2)c2cc(CN=[N+]=[N-])oc12. The Bertz CT molecular complexity index is 1360. The van der Waals surface area contributed by atoms with Gasteiger partial charge >= 0.3 is 24.0 Å². The van der Waals surface area contributed by atoms with Crippen LogP contribution in [0.2, 0.25) is 0 Å². The number of azide groups is 1. The monoisotopic (exact) mass is 605 g/mol. The van der Waals surface area contributed by atoms with E-state index in [4.69, 9.17) is 38.4 Å². The lowest BCUT2D eigenvalue weighted by Gasteiger charge is -2.39. The predicted molar refractivity (Wildman–Crippen MR) is 147 cm³/mol. The van der Waals surface area contributed by atoms with Gasteiger partial charge in [-0.1, -0.05) is 5.11 Å². The second kappa shape index (κ2) is 15.6.